The quantitative estimate of drug-likeness (QED) is 0.0866. The van der Waals surface area contributed by atoms with E-state index in [9.17, 15) is 23.1 Å². The molecule has 0 radical (unpaired) electrons. The molecule has 5 aromatic rings. The number of para-hydroxylation sites is 2. The van der Waals surface area contributed by atoms with Gasteiger partial charge in [-0.25, -0.2) is 13.2 Å². The minimum atomic E-state index is -6.09. The molecule has 1 heterocycles. The van der Waals surface area contributed by atoms with Crippen LogP contribution in [0.2, 0.25) is 0 Å². The molecule has 0 fully saturated rings. The number of hydrogen-bond acceptors (Lipinski definition) is 6. The number of rotatable bonds is 2. The van der Waals surface area contributed by atoms with Crippen LogP contribution in [0.1, 0.15) is 10.4 Å². The highest BCUT2D eigenvalue weighted by Crippen LogP contribution is 2.31. The topological polar surface area (TPSA) is 108 Å². The predicted molar refractivity (Wildman–Crippen MR) is 129 cm³/mol. The molecule has 0 atom stereocenters. The van der Waals surface area contributed by atoms with Crippen LogP contribution < -0.4 is 9.30 Å². The lowest BCUT2D eigenvalue weighted by atomic mass is 10.0. The molecule has 0 saturated heterocycles. The number of aromatic nitrogens is 1. The number of hydrogen-bond donors (Lipinski definition) is 1. The number of ether oxygens (including phenoxy) is 1. The van der Waals surface area contributed by atoms with Crippen molar-refractivity contribution in [1.82, 2.24) is 0 Å². The minimum absolute atomic E-state index is 0.175. The molecule has 1 N–H and O–H groups in total. The largest absolute Gasteiger partial charge is 0.741 e. The van der Waals surface area contributed by atoms with Crippen molar-refractivity contribution in [2.24, 2.45) is 7.05 Å². The molecule has 1 aromatic heterocycles. The van der Waals surface area contributed by atoms with Crippen molar-refractivity contribution in [3.8, 4) is 11.5 Å². The number of aryl methyl sites for hydroxylation is 1. The second-order valence-corrected chi connectivity index (χ2v) is 9.29. The number of nitrogens with zero attached hydrogens (tertiary/aromatic N) is 1. The molecule has 37 heavy (non-hydrogen) atoms. The lowest BCUT2D eigenvalue weighted by Crippen LogP contribution is -2.31. The molecule has 0 bridgehead atoms. The standard InChI is InChI=1S/C25H17NO3.CHF3O3S/c1-26-21-10-4-2-8-19(21)24(20-9-3-5-11-22(20)26)25(28)29-23-12-6-7-16-15-17(27)13-14-18(16)23;2-1(3,4)8(5,6)7/h2-15H,1H3;(H,5,6,7). The van der Waals surface area contributed by atoms with E-state index in [2.05, 4.69) is 4.57 Å². The Kier molecular flexibility index (Phi) is 6.76. The van der Waals surface area contributed by atoms with Gasteiger partial charge >= 0.3 is 11.5 Å². The third kappa shape index (κ3) is 5.18. The molecular weight excluding hydrogens is 511 g/mol. The third-order valence-corrected chi connectivity index (χ3v) is 6.15. The zero-order chi connectivity index (χ0) is 27.0. The van der Waals surface area contributed by atoms with Crippen molar-refractivity contribution in [3.63, 3.8) is 0 Å². The van der Waals surface area contributed by atoms with Gasteiger partial charge in [0.15, 0.2) is 10.1 Å². The van der Waals surface area contributed by atoms with Crippen LogP contribution in [0.5, 0.6) is 11.5 Å². The molecule has 11 heteroatoms. The first-order chi connectivity index (χ1) is 17.4. The summed E-state index contributed by atoms with van der Waals surface area (Å²) in [6, 6.07) is 26.1. The van der Waals surface area contributed by atoms with Gasteiger partial charge in [-0.1, -0.05) is 36.4 Å². The van der Waals surface area contributed by atoms with Gasteiger partial charge in [-0.2, -0.15) is 17.7 Å². The Morgan fingerprint density at radius 3 is 1.95 bits per heavy atom. The van der Waals surface area contributed by atoms with Crippen molar-refractivity contribution in [1.29, 1.82) is 0 Å². The van der Waals surface area contributed by atoms with Crippen LogP contribution in [0, 0.1) is 0 Å². The normalized spacial score (nSPS) is 11.8. The van der Waals surface area contributed by atoms with Crippen molar-refractivity contribution < 1.29 is 45.3 Å². The van der Waals surface area contributed by atoms with Gasteiger partial charge in [-0.15, -0.1) is 0 Å². The first-order valence-corrected chi connectivity index (χ1v) is 12.0. The van der Waals surface area contributed by atoms with E-state index >= 15 is 0 Å². The van der Waals surface area contributed by atoms with E-state index in [-0.39, 0.29) is 5.75 Å². The van der Waals surface area contributed by atoms with Crippen molar-refractivity contribution in [2.45, 2.75) is 5.51 Å². The van der Waals surface area contributed by atoms with Gasteiger partial charge in [-0.3, -0.25) is 0 Å². The number of phenolic OH excluding ortho intramolecular Hbond substituents is 1. The predicted octanol–water partition coefficient (Wildman–Crippen LogP) is 4.95. The van der Waals surface area contributed by atoms with Gasteiger partial charge < -0.3 is 14.4 Å². The van der Waals surface area contributed by atoms with E-state index < -0.39 is 21.6 Å². The molecule has 0 saturated carbocycles. The molecule has 0 unspecified atom stereocenters. The first-order valence-electron chi connectivity index (χ1n) is 10.6. The van der Waals surface area contributed by atoms with E-state index in [0.717, 1.165) is 32.6 Å². The lowest BCUT2D eigenvalue weighted by molar-refractivity contribution is -0.617. The molecule has 0 aliphatic rings. The maximum atomic E-state index is 13.4. The molecule has 4 aromatic carbocycles. The number of alkyl halides is 3. The molecule has 0 aliphatic heterocycles. The minimum Gasteiger partial charge on any atom is -0.741 e. The van der Waals surface area contributed by atoms with Gasteiger partial charge in [0.2, 0.25) is 11.0 Å². The highest BCUT2D eigenvalue weighted by Gasteiger charge is 2.37. The number of pyridine rings is 1. The number of aromatic hydroxyl groups is 1. The van der Waals surface area contributed by atoms with Crippen LogP contribution in [0.3, 0.4) is 0 Å². The molecule has 5 rings (SSSR count). The summed E-state index contributed by atoms with van der Waals surface area (Å²) in [6.07, 6.45) is 0. The highest BCUT2D eigenvalue weighted by molar-refractivity contribution is 7.86. The molecule has 0 spiro atoms. The zero-order valence-electron chi connectivity index (χ0n) is 19.1. The lowest BCUT2D eigenvalue weighted by Gasteiger charge is -2.11. The van der Waals surface area contributed by atoms with Crippen LogP contribution in [0.4, 0.5) is 13.2 Å². The number of phenols is 1. The van der Waals surface area contributed by atoms with Crippen LogP contribution in [-0.2, 0) is 17.2 Å². The molecular formula is C26H18F3NO6S. The van der Waals surface area contributed by atoms with Crippen LogP contribution >= 0.6 is 0 Å². The molecule has 7 nitrogen and oxygen atoms in total. The second-order valence-electron chi connectivity index (χ2n) is 7.92. The molecule has 0 aliphatic carbocycles. The Balaban J connectivity index is 0.000000349. The van der Waals surface area contributed by atoms with Crippen LogP contribution in [0.25, 0.3) is 32.6 Å². The van der Waals surface area contributed by atoms with Gasteiger partial charge in [0.05, 0.1) is 16.3 Å². The number of halogens is 3. The Labute approximate surface area is 208 Å². The summed E-state index contributed by atoms with van der Waals surface area (Å²) in [5.41, 5.74) is -3.18. The molecule has 190 valence electrons. The average Bonchev–Trinajstić information content (AvgIpc) is 2.83. The maximum absolute atomic E-state index is 13.4. The van der Waals surface area contributed by atoms with Crippen molar-refractivity contribution in [3.05, 3.63) is 90.5 Å². The first kappa shape index (κ1) is 25.9. The van der Waals surface area contributed by atoms with E-state index in [1.165, 1.54) is 0 Å². The fourth-order valence-corrected chi connectivity index (χ4v) is 3.93. The maximum Gasteiger partial charge on any atom is 0.485 e. The summed E-state index contributed by atoms with van der Waals surface area (Å²) >= 11 is 0. The third-order valence-electron chi connectivity index (χ3n) is 5.58. The summed E-state index contributed by atoms with van der Waals surface area (Å²) in [4.78, 5) is 13.4. The van der Waals surface area contributed by atoms with Crippen molar-refractivity contribution >= 4 is 48.7 Å². The number of benzene rings is 4. The summed E-state index contributed by atoms with van der Waals surface area (Å²) in [5, 5.41) is 13.0. The summed E-state index contributed by atoms with van der Waals surface area (Å²) in [5.74, 6) is 0.237. The van der Waals surface area contributed by atoms with E-state index in [1.807, 2.05) is 67.7 Å². The summed E-state index contributed by atoms with van der Waals surface area (Å²) < 4.78 is 66.9. The smallest absolute Gasteiger partial charge is 0.485 e. The fraction of sp³-hybridized carbons (Fsp3) is 0.0769. The Bertz CT molecular complexity index is 1710. The van der Waals surface area contributed by atoms with Crippen LogP contribution in [-0.4, -0.2) is 29.6 Å². The molecule has 0 amide bonds. The number of esters is 1. The summed E-state index contributed by atoms with van der Waals surface area (Å²) in [6.45, 7) is 0. The monoisotopic (exact) mass is 529 g/mol. The number of carbonyl (C=O) groups is 1. The van der Waals surface area contributed by atoms with Gasteiger partial charge in [0.1, 0.15) is 18.5 Å². The van der Waals surface area contributed by atoms with Crippen LogP contribution in [0.15, 0.2) is 84.9 Å². The van der Waals surface area contributed by atoms with Gasteiger partial charge in [0, 0.05) is 17.5 Å². The Hall–Kier alpha value is -4.22. The number of carbonyl (C=O) groups excluding carboxylic acids is 1. The fourth-order valence-electron chi connectivity index (χ4n) is 3.93. The second kappa shape index (κ2) is 9.68. The highest BCUT2D eigenvalue weighted by atomic mass is 32.2. The summed E-state index contributed by atoms with van der Waals surface area (Å²) in [7, 11) is -4.09. The van der Waals surface area contributed by atoms with E-state index in [0.29, 0.717) is 11.3 Å². The Morgan fingerprint density at radius 1 is 0.865 bits per heavy atom. The van der Waals surface area contributed by atoms with Gasteiger partial charge in [-0.05, 0) is 41.8 Å². The number of fused-ring (bicyclic) bond motifs is 3. The zero-order valence-corrected chi connectivity index (χ0v) is 19.9. The average molecular weight is 529 g/mol. The van der Waals surface area contributed by atoms with Gasteiger partial charge in [0.25, 0.3) is 0 Å². The van der Waals surface area contributed by atoms with E-state index in [4.69, 9.17) is 17.7 Å². The SMILES string of the molecule is C[n+]1c2ccccc2c(C(=O)Oc2cccc3cc(O)ccc23)c2ccccc21.O=S(=O)([O-])C(F)(F)F. The Morgan fingerprint density at radius 2 is 1.41 bits per heavy atom. The van der Waals surface area contributed by atoms with Crippen molar-refractivity contribution in [2.75, 3.05) is 0 Å². The van der Waals surface area contributed by atoms with E-state index in [1.54, 1.807) is 24.3 Å².